The van der Waals surface area contributed by atoms with Crippen molar-refractivity contribution in [3.63, 3.8) is 0 Å². The van der Waals surface area contributed by atoms with Gasteiger partial charge in [0.25, 0.3) is 0 Å². The SMILES string of the molecule is Cc1ccc(C2CC(NCCS(=O)(=O)N(C)C)C2)cc1. The van der Waals surface area contributed by atoms with Crippen LogP contribution in [0.2, 0.25) is 0 Å². The van der Waals surface area contributed by atoms with Gasteiger partial charge in [-0.15, -0.1) is 0 Å². The van der Waals surface area contributed by atoms with E-state index < -0.39 is 10.0 Å². The highest BCUT2D eigenvalue weighted by molar-refractivity contribution is 7.89. The second-order valence-corrected chi connectivity index (χ2v) is 8.13. The van der Waals surface area contributed by atoms with E-state index in [2.05, 4.69) is 36.5 Å². The fourth-order valence-corrected chi connectivity index (χ4v) is 3.21. The summed E-state index contributed by atoms with van der Waals surface area (Å²) in [5.41, 5.74) is 2.69. The molecule has 0 unspecified atom stereocenters. The van der Waals surface area contributed by atoms with E-state index in [0.717, 1.165) is 12.8 Å². The molecule has 5 heteroatoms. The Hall–Kier alpha value is -0.910. The number of nitrogens with one attached hydrogen (secondary N) is 1. The number of rotatable bonds is 6. The van der Waals surface area contributed by atoms with Gasteiger partial charge in [0.1, 0.15) is 0 Å². The van der Waals surface area contributed by atoms with E-state index in [4.69, 9.17) is 0 Å². The van der Waals surface area contributed by atoms with Crippen molar-refractivity contribution in [1.82, 2.24) is 9.62 Å². The first-order valence-corrected chi connectivity index (χ1v) is 8.69. The molecular formula is C15H24N2O2S. The molecular weight excluding hydrogens is 272 g/mol. The molecule has 0 bridgehead atoms. The molecule has 2 rings (SSSR count). The van der Waals surface area contributed by atoms with Crippen molar-refractivity contribution in [2.45, 2.75) is 31.7 Å². The Kier molecular flexibility index (Phi) is 4.83. The molecule has 0 aliphatic heterocycles. The van der Waals surface area contributed by atoms with Gasteiger partial charge in [0.2, 0.25) is 10.0 Å². The van der Waals surface area contributed by atoms with E-state index >= 15 is 0 Å². The summed E-state index contributed by atoms with van der Waals surface area (Å²) in [5.74, 6) is 0.796. The van der Waals surface area contributed by atoms with E-state index in [0.29, 0.717) is 18.5 Å². The summed E-state index contributed by atoms with van der Waals surface area (Å²) in [5, 5.41) is 3.34. The second-order valence-electron chi connectivity index (χ2n) is 5.83. The molecule has 20 heavy (non-hydrogen) atoms. The Morgan fingerprint density at radius 1 is 1.20 bits per heavy atom. The van der Waals surface area contributed by atoms with Gasteiger partial charge < -0.3 is 5.32 Å². The summed E-state index contributed by atoms with van der Waals surface area (Å²) in [6.07, 6.45) is 2.20. The van der Waals surface area contributed by atoms with Crippen molar-refractivity contribution in [2.75, 3.05) is 26.4 Å². The van der Waals surface area contributed by atoms with Crippen LogP contribution in [0.5, 0.6) is 0 Å². The molecule has 112 valence electrons. The van der Waals surface area contributed by atoms with Crippen molar-refractivity contribution in [3.05, 3.63) is 35.4 Å². The van der Waals surface area contributed by atoms with Gasteiger partial charge in [-0.05, 0) is 31.2 Å². The number of hydrogen-bond donors (Lipinski definition) is 1. The van der Waals surface area contributed by atoms with E-state index in [-0.39, 0.29) is 5.75 Å². The third kappa shape index (κ3) is 3.81. The van der Waals surface area contributed by atoms with Crippen LogP contribution in [0, 0.1) is 6.92 Å². The molecule has 0 aromatic heterocycles. The molecule has 0 spiro atoms. The van der Waals surface area contributed by atoms with Gasteiger partial charge >= 0.3 is 0 Å². The first kappa shape index (κ1) is 15.5. The van der Waals surface area contributed by atoms with Crippen LogP contribution in [0.4, 0.5) is 0 Å². The molecule has 1 aliphatic carbocycles. The number of hydrogen-bond acceptors (Lipinski definition) is 3. The average Bonchev–Trinajstić information content (AvgIpc) is 2.33. The molecule has 0 saturated heterocycles. The first-order valence-electron chi connectivity index (χ1n) is 7.08. The fraction of sp³-hybridized carbons (Fsp3) is 0.600. The Morgan fingerprint density at radius 2 is 1.80 bits per heavy atom. The molecule has 0 amide bonds. The highest BCUT2D eigenvalue weighted by atomic mass is 32.2. The Balaban J connectivity index is 1.71. The zero-order valence-electron chi connectivity index (χ0n) is 12.5. The maximum Gasteiger partial charge on any atom is 0.214 e. The lowest BCUT2D eigenvalue weighted by atomic mass is 9.76. The van der Waals surface area contributed by atoms with Crippen molar-refractivity contribution < 1.29 is 8.42 Å². The van der Waals surface area contributed by atoms with Gasteiger partial charge in [-0.1, -0.05) is 29.8 Å². The quantitative estimate of drug-likeness (QED) is 0.869. The summed E-state index contributed by atoms with van der Waals surface area (Å²) in [4.78, 5) is 0. The highest BCUT2D eigenvalue weighted by Crippen LogP contribution is 2.36. The molecule has 1 aromatic carbocycles. The Bertz CT molecular complexity index is 531. The Morgan fingerprint density at radius 3 is 2.35 bits per heavy atom. The van der Waals surface area contributed by atoms with E-state index in [9.17, 15) is 8.42 Å². The lowest BCUT2D eigenvalue weighted by Crippen LogP contribution is -2.43. The third-order valence-electron chi connectivity index (χ3n) is 4.04. The van der Waals surface area contributed by atoms with Crippen molar-refractivity contribution in [2.24, 2.45) is 0 Å². The maximum absolute atomic E-state index is 11.6. The zero-order chi connectivity index (χ0) is 14.8. The van der Waals surface area contributed by atoms with Crippen LogP contribution >= 0.6 is 0 Å². The fourth-order valence-electron chi connectivity index (χ4n) is 2.47. The summed E-state index contributed by atoms with van der Waals surface area (Å²) in [6.45, 7) is 2.63. The number of aryl methyl sites for hydroxylation is 1. The number of nitrogens with zero attached hydrogens (tertiary/aromatic N) is 1. The molecule has 1 aromatic rings. The van der Waals surface area contributed by atoms with Crippen LogP contribution in [-0.4, -0.2) is 45.2 Å². The highest BCUT2D eigenvalue weighted by Gasteiger charge is 2.29. The van der Waals surface area contributed by atoms with E-state index in [1.807, 2.05) is 0 Å². The summed E-state index contributed by atoms with van der Waals surface area (Å²) < 4.78 is 24.5. The molecule has 1 N–H and O–H groups in total. The normalized spacial score (nSPS) is 22.8. The van der Waals surface area contributed by atoms with Crippen LogP contribution in [0.15, 0.2) is 24.3 Å². The van der Waals surface area contributed by atoms with Crippen molar-refractivity contribution in [3.8, 4) is 0 Å². The minimum absolute atomic E-state index is 0.172. The molecule has 0 atom stereocenters. The molecule has 1 fully saturated rings. The van der Waals surface area contributed by atoms with Crippen molar-refractivity contribution >= 4 is 10.0 Å². The predicted molar refractivity (Wildman–Crippen MR) is 82.4 cm³/mol. The van der Waals surface area contributed by atoms with E-state index in [1.54, 1.807) is 14.1 Å². The monoisotopic (exact) mass is 296 g/mol. The molecule has 0 radical (unpaired) electrons. The summed E-state index contributed by atoms with van der Waals surface area (Å²) in [7, 11) is 0.0734. The van der Waals surface area contributed by atoms with Crippen LogP contribution in [0.3, 0.4) is 0 Å². The largest absolute Gasteiger partial charge is 0.313 e. The van der Waals surface area contributed by atoms with E-state index in [1.165, 1.54) is 15.4 Å². The van der Waals surface area contributed by atoms with Crippen LogP contribution in [0.1, 0.15) is 29.9 Å². The molecule has 0 heterocycles. The number of sulfonamides is 1. The topological polar surface area (TPSA) is 49.4 Å². The number of benzene rings is 1. The van der Waals surface area contributed by atoms with Crippen LogP contribution in [0.25, 0.3) is 0 Å². The first-order chi connectivity index (χ1) is 9.38. The van der Waals surface area contributed by atoms with Crippen LogP contribution in [-0.2, 0) is 10.0 Å². The van der Waals surface area contributed by atoms with Gasteiger partial charge in [0.15, 0.2) is 0 Å². The van der Waals surface area contributed by atoms with Gasteiger partial charge in [-0.2, -0.15) is 0 Å². The maximum atomic E-state index is 11.6. The standard InChI is InChI=1S/C15H24N2O2S/c1-12-4-6-13(7-5-12)14-10-15(11-14)16-8-9-20(18,19)17(2)3/h4-7,14-16H,8-11H2,1-3H3. The molecule has 1 saturated carbocycles. The minimum Gasteiger partial charge on any atom is -0.313 e. The smallest absolute Gasteiger partial charge is 0.214 e. The predicted octanol–water partition coefficient (Wildman–Crippen LogP) is 1.72. The lowest BCUT2D eigenvalue weighted by molar-refractivity contribution is 0.296. The summed E-state index contributed by atoms with van der Waals surface area (Å²) >= 11 is 0. The lowest BCUT2D eigenvalue weighted by Gasteiger charge is -2.36. The van der Waals surface area contributed by atoms with Crippen LogP contribution < -0.4 is 5.32 Å². The van der Waals surface area contributed by atoms with Gasteiger partial charge in [0, 0.05) is 26.7 Å². The average molecular weight is 296 g/mol. The third-order valence-corrected chi connectivity index (χ3v) is 5.87. The van der Waals surface area contributed by atoms with Gasteiger partial charge in [0.05, 0.1) is 5.75 Å². The van der Waals surface area contributed by atoms with Gasteiger partial charge in [-0.25, -0.2) is 12.7 Å². The minimum atomic E-state index is -3.08. The summed E-state index contributed by atoms with van der Waals surface area (Å²) in [6, 6.07) is 9.16. The van der Waals surface area contributed by atoms with Gasteiger partial charge in [-0.3, -0.25) is 0 Å². The zero-order valence-corrected chi connectivity index (χ0v) is 13.3. The Labute approximate surface area is 122 Å². The molecule has 4 nitrogen and oxygen atoms in total. The molecule has 1 aliphatic rings. The van der Waals surface area contributed by atoms with Crippen molar-refractivity contribution in [1.29, 1.82) is 0 Å². The second kappa shape index (κ2) is 6.24.